The third-order valence-corrected chi connectivity index (χ3v) is 8.96. The lowest BCUT2D eigenvalue weighted by molar-refractivity contribution is 0.531. The van der Waals surface area contributed by atoms with E-state index in [2.05, 4.69) is 26.2 Å². The molecule has 0 atom stereocenters. The summed E-state index contributed by atoms with van der Waals surface area (Å²) in [5, 5.41) is 0. The molecule has 0 radical (unpaired) electrons. The van der Waals surface area contributed by atoms with E-state index < -0.39 is 16.6 Å². The maximum atomic E-state index is 5.95. The number of benzene rings is 1. The largest absolute Gasteiger partial charge is 0.543 e. The molecule has 0 bridgehead atoms. The molecule has 0 amide bonds. The molecule has 18 heavy (non-hydrogen) atoms. The Morgan fingerprint density at radius 3 is 1.61 bits per heavy atom. The van der Waals surface area contributed by atoms with E-state index in [0.29, 0.717) is 11.0 Å². The van der Waals surface area contributed by atoms with Crippen LogP contribution < -0.4 is 8.85 Å². The van der Waals surface area contributed by atoms with Crippen molar-refractivity contribution in [2.24, 2.45) is 0 Å². The van der Waals surface area contributed by atoms with Crippen molar-refractivity contribution in [3.05, 3.63) is 24.3 Å². The van der Waals surface area contributed by atoms with E-state index in [4.69, 9.17) is 32.1 Å². The number of alkyl halides is 2. The molecule has 1 aromatic rings. The van der Waals surface area contributed by atoms with E-state index >= 15 is 0 Å². The second-order valence-corrected chi connectivity index (χ2v) is 15.1. The quantitative estimate of drug-likeness (QED) is 0.570. The molecule has 0 aliphatic heterocycles. The highest BCUT2D eigenvalue weighted by Crippen LogP contribution is 2.25. The van der Waals surface area contributed by atoms with Gasteiger partial charge in [-0.3, -0.25) is 0 Å². The second-order valence-electron chi connectivity index (χ2n) is 5.47. The van der Waals surface area contributed by atoms with E-state index in [9.17, 15) is 0 Å². The van der Waals surface area contributed by atoms with Gasteiger partial charge in [0.05, 0.1) is 11.0 Å². The average Bonchev–Trinajstić information content (AvgIpc) is 2.28. The third kappa shape index (κ3) is 5.22. The normalized spacial score (nSPS) is 12.3. The van der Waals surface area contributed by atoms with Crippen LogP contribution in [0.2, 0.25) is 26.2 Å². The number of rotatable bonds is 6. The van der Waals surface area contributed by atoms with Crippen LogP contribution in [0.5, 0.6) is 11.5 Å². The molecule has 0 aliphatic carbocycles. The van der Waals surface area contributed by atoms with Gasteiger partial charge in [-0.2, -0.15) is 0 Å². The van der Waals surface area contributed by atoms with Crippen LogP contribution in [-0.4, -0.2) is 27.6 Å². The lowest BCUT2D eigenvalue weighted by Crippen LogP contribution is -2.37. The summed E-state index contributed by atoms with van der Waals surface area (Å²) >= 11 is 11.8. The first-order valence-electron chi connectivity index (χ1n) is 5.88. The minimum atomic E-state index is -1.81. The Morgan fingerprint density at radius 2 is 1.28 bits per heavy atom. The second kappa shape index (κ2) is 6.32. The van der Waals surface area contributed by atoms with Gasteiger partial charge in [-0.1, -0.05) is 6.07 Å². The fourth-order valence-corrected chi connectivity index (χ4v) is 3.26. The van der Waals surface area contributed by atoms with Gasteiger partial charge in [0, 0.05) is 6.07 Å². The van der Waals surface area contributed by atoms with Gasteiger partial charge in [0.2, 0.25) is 0 Å². The van der Waals surface area contributed by atoms with Gasteiger partial charge >= 0.3 is 0 Å². The minimum absolute atomic E-state index is 0.569. The predicted molar refractivity (Wildman–Crippen MR) is 84.1 cm³/mol. The van der Waals surface area contributed by atoms with Crippen molar-refractivity contribution in [1.29, 1.82) is 0 Å². The molecule has 1 rings (SSSR count). The SMILES string of the molecule is C[Si](C)(CCl)Oc1cccc(O[Si](C)(C)CCl)c1. The fourth-order valence-electron chi connectivity index (χ4n) is 1.29. The molecule has 0 saturated carbocycles. The average molecular weight is 323 g/mol. The molecule has 102 valence electrons. The van der Waals surface area contributed by atoms with Crippen molar-refractivity contribution in [2.45, 2.75) is 26.2 Å². The summed E-state index contributed by atoms with van der Waals surface area (Å²) in [5.41, 5.74) is 1.14. The first-order chi connectivity index (χ1) is 8.28. The van der Waals surface area contributed by atoms with Crippen LogP contribution in [0.4, 0.5) is 0 Å². The summed E-state index contributed by atoms with van der Waals surface area (Å²) < 4.78 is 11.9. The van der Waals surface area contributed by atoms with Crippen molar-refractivity contribution in [3.63, 3.8) is 0 Å². The van der Waals surface area contributed by atoms with E-state index in [0.717, 1.165) is 11.5 Å². The van der Waals surface area contributed by atoms with Gasteiger partial charge in [-0.25, -0.2) is 0 Å². The third-order valence-electron chi connectivity index (χ3n) is 2.24. The van der Waals surface area contributed by atoms with Gasteiger partial charge in [-0.05, 0) is 38.3 Å². The Kier molecular flexibility index (Phi) is 5.58. The zero-order valence-electron chi connectivity index (χ0n) is 11.3. The molecule has 1 aromatic carbocycles. The Morgan fingerprint density at radius 1 is 0.889 bits per heavy atom. The maximum Gasteiger partial charge on any atom is 0.259 e. The number of hydrogen-bond acceptors (Lipinski definition) is 2. The fraction of sp³-hybridized carbons (Fsp3) is 0.500. The smallest absolute Gasteiger partial charge is 0.259 e. The zero-order valence-corrected chi connectivity index (χ0v) is 14.8. The molecule has 0 spiro atoms. The lowest BCUT2D eigenvalue weighted by atomic mass is 10.3. The van der Waals surface area contributed by atoms with E-state index in [1.165, 1.54) is 0 Å². The van der Waals surface area contributed by atoms with Crippen molar-refractivity contribution < 1.29 is 8.85 Å². The lowest BCUT2D eigenvalue weighted by Gasteiger charge is -2.24. The summed E-state index contributed by atoms with van der Waals surface area (Å²) in [4.78, 5) is 0. The maximum absolute atomic E-state index is 5.95. The van der Waals surface area contributed by atoms with Crippen molar-refractivity contribution >= 4 is 39.8 Å². The van der Waals surface area contributed by atoms with Crippen LogP contribution in [0.25, 0.3) is 0 Å². The summed E-state index contributed by atoms with van der Waals surface area (Å²) in [5.74, 6) is 1.65. The number of halogens is 2. The molecule has 0 aromatic heterocycles. The Labute approximate surface area is 121 Å². The molecule has 0 unspecified atom stereocenters. The monoisotopic (exact) mass is 322 g/mol. The Hall–Kier alpha value is -0.166. The van der Waals surface area contributed by atoms with Crippen molar-refractivity contribution in [1.82, 2.24) is 0 Å². The molecular weight excluding hydrogens is 303 g/mol. The molecule has 6 heteroatoms. The topological polar surface area (TPSA) is 18.5 Å². The van der Waals surface area contributed by atoms with Crippen LogP contribution in [0.1, 0.15) is 0 Å². The molecule has 0 N–H and O–H groups in total. The van der Waals surface area contributed by atoms with Gasteiger partial charge < -0.3 is 8.85 Å². The van der Waals surface area contributed by atoms with Crippen LogP contribution in [0, 0.1) is 0 Å². The summed E-state index contributed by atoms with van der Waals surface area (Å²) in [6.45, 7) is 8.35. The van der Waals surface area contributed by atoms with Crippen molar-refractivity contribution in [3.8, 4) is 11.5 Å². The summed E-state index contributed by atoms with van der Waals surface area (Å²) in [6, 6.07) is 7.72. The van der Waals surface area contributed by atoms with Gasteiger partial charge in [0.15, 0.2) is 0 Å². The van der Waals surface area contributed by atoms with Gasteiger partial charge in [0.1, 0.15) is 11.5 Å². The first-order valence-corrected chi connectivity index (χ1v) is 13.2. The highest BCUT2D eigenvalue weighted by Gasteiger charge is 2.25. The van der Waals surface area contributed by atoms with Crippen LogP contribution in [-0.2, 0) is 0 Å². The molecule has 0 aliphatic rings. The standard InChI is InChI=1S/C12H20Cl2O2Si2/c1-17(2,9-13)15-11-6-5-7-12(8-11)16-18(3,4)10-14/h5-8H,9-10H2,1-4H3. The highest BCUT2D eigenvalue weighted by atomic mass is 35.5. The van der Waals surface area contributed by atoms with E-state index in [1.807, 2.05) is 24.3 Å². The van der Waals surface area contributed by atoms with Crippen LogP contribution in [0.3, 0.4) is 0 Å². The number of hydrogen-bond donors (Lipinski definition) is 0. The predicted octanol–water partition coefficient (Wildman–Crippen LogP) is 4.41. The highest BCUT2D eigenvalue weighted by molar-refractivity contribution is 6.78. The molecular formula is C12H20Cl2O2Si2. The molecule has 0 saturated heterocycles. The molecule has 0 heterocycles. The van der Waals surface area contributed by atoms with Crippen LogP contribution in [0.15, 0.2) is 24.3 Å². The van der Waals surface area contributed by atoms with Crippen LogP contribution >= 0.6 is 23.2 Å². The zero-order chi connectivity index (χ0) is 13.8. The summed E-state index contributed by atoms with van der Waals surface area (Å²) in [6.07, 6.45) is 0. The van der Waals surface area contributed by atoms with Gasteiger partial charge in [-0.15, -0.1) is 23.2 Å². The van der Waals surface area contributed by atoms with E-state index in [-0.39, 0.29) is 0 Å². The Bertz CT molecular complexity index is 364. The minimum Gasteiger partial charge on any atom is -0.543 e. The first kappa shape index (κ1) is 15.9. The molecule has 0 fully saturated rings. The molecule has 2 nitrogen and oxygen atoms in total. The van der Waals surface area contributed by atoms with E-state index in [1.54, 1.807) is 0 Å². The van der Waals surface area contributed by atoms with Crippen molar-refractivity contribution in [2.75, 3.05) is 11.0 Å². The summed E-state index contributed by atoms with van der Waals surface area (Å²) in [7, 11) is -3.63. The Balaban J connectivity index is 2.80. The van der Waals surface area contributed by atoms with Gasteiger partial charge in [0.25, 0.3) is 16.6 Å².